The fraction of sp³-hybridized carbons (Fsp3) is 0.0769. The molecule has 98 valence electrons. The number of nitrogens with zero attached hydrogens (tertiary/aromatic N) is 1. The van der Waals surface area contributed by atoms with Crippen LogP contribution in [-0.4, -0.2) is 16.1 Å². The van der Waals surface area contributed by atoms with Gasteiger partial charge in [0.25, 0.3) is 0 Å². The largest absolute Gasteiger partial charge is 0.481 e. The van der Waals surface area contributed by atoms with Gasteiger partial charge in [-0.1, -0.05) is 40.9 Å². The van der Waals surface area contributed by atoms with E-state index in [9.17, 15) is 4.79 Å². The molecule has 3 nitrogen and oxygen atoms in total. The Labute approximate surface area is 124 Å². The van der Waals surface area contributed by atoms with Crippen LogP contribution in [0.3, 0.4) is 0 Å². The smallest absolute Gasteiger partial charge is 0.309 e. The Hall–Kier alpha value is -1.29. The topological polar surface area (TPSA) is 50.2 Å². The Balaban J connectivity index is 2.55. The normalized spacial score (nSPS) is 10.5. The molecule has 0 amide bonds. The number of carbonyl (C=O) groups is 1. The van der Waals surface area contributed by atoms with Crippen LogP contribution in [0.25, 0.3) is 11.1 Å². The summed E-state index contributed by atoms with van der Waals surface area (Å²) in [5.41, 5.74) is 1.78. The molecule has 0 unspecified atom stereocenters. The van der Waals surface area contributed by atoms with Gasteiger partial charge in [0.2, 0.25) is 0 Å². The minimum atomic E-state index is -0.962. The fourth-order valence-electron chi connectivity index (χ4n) is 1.67. The molecule has 0 radical (unpaired) electrons. The highest BCUT2D eigenvalue weighted by atomic mass is 35.5. The molecule has 19 heavy (non-hydrogen) atoms. The molecule has 0 aliphatic rings. The molecule has 0 saturated heterocycles. The van der Waals surface area contributed by atoms with Gasteiger partial charge in [-0.25, -0.2) is 0 Å². The van der Waals surface area contributed by atoms with Crippen molar-refractivity contribution in [3.63, 3.8) is 0 Å². The number of halogens is 3. The Kier molecular flexibility index (Phi) is 4.30. The van der Waals surface area contributed by atoms with Crippen molar-refractivity contribution in [2.45, 2.75) is 6.42 Å². The number of carboxylic acid groups (broad SMARTS) is 1. The van der Waals surface area contributed by atoms with Crippen molar-refractivity contribution in [3.8, 4) is 11.1 Å². The molecule has 1 aromatic carbocycles. The van der Waals surface area contributed by atoms with Gasteiger partial charge in [0.05, 0.1) is 27.2 Å². The highest BCUT2D eigenvalue weighted by molar-refractivity contribution is 6.42. The lowest BCUT2D eigenvalue weighted by Crippen LogP contribution is -2.04. The minimum absolute atomic E-state index is 0.188. The average Bonchev–Trinajstić information content (AvgIpc) is 2.34. The lowest BCUT2D eigenvalue weighted by atomic mass is 10.0. The van der Waals surface area contributed by atoms with Crippen molar-refractivity contribution in [3.05, 3.63) is 51.2 Å². The fourth-order valence-corrected chi connectivity index (χ4v) is 2.12. The first-order chi connectivity index (χ1) is 8.97. The second-order valence-electron chi connectivity index (χ2n) is 3.85. The molecule has 0 aliphatic carbocycles. The lowest BCUT2D eigenvalue weighted by Gasteiger charge is -2.09. The third-order valence-corrected chi connectivity index (χ3v) is 3.43. The maximum atomic E-state index is 10.8. The number of aliphatic carboxylic acids is 1. The van der Waals surface area contributed by atoms with Crippen LogP contribution in [0.4, 0.5) is 0 Å². The zero-order valence-corrected chi connectivity index (χ0v) is 11.8. The van der Waals surface area contributed by atoms with Crippen LogP contribution in [-0.2, 0) is 11.2 Å². The maximum Gasteiger partial charge on any atom is 0.309 e. The van der Waals surface area contributed by atoms with Crippen LogP contribution >= 0.6 is 34.8 Å². The standard InChI is InChI=1S/C13H8Cl3NO2/c14-8-4-9(12(17-6-8)5-13(18)19)7-1-2-10(15)11(16)3-7/h1-4,6H,5H2,(H,18,19). The zero-order valence-electron chi connectivity index (χ0n) is 9.53. The molecule has 0 aliphatic heterocycles. The third kappa shape index (κ3) is 3.38. The van der Waals surface area contributed by atoms with E-state index >= 15 is 0 Å². The van der Waals surface area contributed by atoms with E-state index in [4.69, 9.17) is 39.9 Å². The van der Waals surface area contributed by atoms with Gasteiger partial charge in [-0.3, -0.25) is 9.78 Å². The maximum absolute atomic E-state index is 10.8. The van der Waals surface area contributed by atoms with Crippen molar-refractivity contribution in [1.29, 1.82) is 0 Å². The number of pyridine rings is 1. The first-order valence-corrected chi connectivity index (χ1v) is 6.42. The van der Waals surface area contributed by atoms with E-state index in [0.29, 0.717) is 26.3 Å². The van der Waals surface area contributed by atoms with E-state index in [1.54, 1.807) is 24.3 Å². The summed E-state index contributed by atoms with van der Waals surface area (Å²) in [7, 11) is 0. The molecular weight excluding hydrogens is 309 g/mol. The predicted molar refractivity (Wildman–Crippen MR) is 76.0 cm³/mol. The van der Waals surface area contributed by atoms with Crippen LogP contribution in [0.5, 0.6) is 0 Å². The third-order valence-electron chi connectivity index (χ3n) is 2.49. The summed E-state index contributed by atoms with van der Waals surface area (Å²) in [6.07, 6.45) is 1.23. The second kappa shape index (κ2) is 5.78. The van der Waals surface area contributed by atoms with Gasteiger partial charge in [-0.2, -0.15) is 0 Å². The van der Waals surface area contributed by atoms with E-state index in [-0.39, 0.29) is 6.42 Å². The lowest BCUT2D eigenvalue weighted by molar-refractivity contribution is -0.136. The van der Waals surface area contributed by atoms with Gasteiger partial charge in [0.15, 0.2) is 0 Å². The van der Waals surface area contributed by atoms with Gasteiger partial charge in [0, 0.05) is 11.8 Å². The Morgan fingerprint density at radius 2 is 1.89 bits per heavy atom. The molecule has 6 heteroatoms. The quantitative estimate of drug-likeness (QED) is 0.916. The van der Waals surface area contributed by atoms with Crippen molar-refractivity contribution >= 4 is 40.8 Å². The van der Waals surface area contributed by atoms with Crippen molar-refractivity contribution in [2.75, 3.05) is 0 Å². The molecule has 0 spiro atoms. The summed E-state index contributed by atoms with van der Waals surface area (Å²) in [6, 6.07) is 6.70. The Bertz CT molecular complexity index is 644. The van der Waals surface area contributed by atoms with Gasteiger partial charge in [-0.15, -0.1) is 0 Å². The summed E-state index contributed by atoms with van der Waals surface area (Å²) in [5, 5.41) is 10.1. The van der Waals surface area contributed by atoms with Gasteiger partial charge < -0.3 is 5.11 Å². The molecule has 0 atom stereocenters. The molecule has 0 saturated carbocycles. The van der Waals surface area contributed by atoms with Crippen LogP contribution in [0, 0.1) is 0 Å². The number of hydrogen-bond donors (Lipinski definition) is 1. The molecule has 2 aromatic rings. The van der Waals surface area contributed by atoms with Crippen LogP contribution < -0.4 is 0 Å². The first kappa shape index (κ1) is 14.1. The van der Waals surface area contributed by atoms with E-state index in [1.165, 1.54) is 6.20 Å². The van der Waals surface area contributed by atoms with Crippen molar-refractivity contribution in [2.24, 2.45) is 0 Å². The number of benzene rings is 1. The second-order valence-corrected chi connectivity index (χ2v) is 5.10. The van der Waals surface area contributed by atoms with Gasteiger partial charge >= 0.3 is 5.97 Å². The number of rotatable bonds is 3. The molecule has 1 aromatic heterocycles. The average molecular weight is 317 g/mol. The number of aromatic nitrogens is 1. The number of hydrogen-bond acceptors (Lipinski definition) is 2. The van der Waals surface area contributed by atoms with Crippen LogP contribution in [0.1, 0.15) is 5.69 Å². The van der Waals surface area contributed by atoms with E-state index in [0.717, 1.165) is 5.56 Å². The van der Waals surface area contributed by atoms with E-state index < -0.39 is 5.97 Å². The predicted octanol–water partition coefficient (Wildman–Crippen LogP) is 4.34. The van der Waals surface area contributed by atoms with Crippen molar-refractivity contribution < 1.29 is 9.90 Å². The summed E-state index contributed by atoms with van der Waals surface area (Å²) >= 11 is 17.7. The molecule has 0 fully saturated rings. The molecule has 1 N–H and O–H groups in total. The molecule has 0 bridgehead atoms. The minimum Gasteiger partial charge on any atom is -0.481 e. The van der Waals surface area contributed by atoms with Crippen LogP contribution in [0.2, 0.25) is 15.1 Å². The SMILES string of the molecule is O=C(O)Cc1ncc(Cl)cc1-c1ccc(Cl)c(Cl)c1. The van der Waals surface area contributed by atoms with E-state index in [1.807, 2.05) is 0 Å². The summed E-state index contributed by atoms with van der Waals surface area (Å²) in [6.45, 7) is 0. The monoisotopic (exact) mass is 315 g/mol. The highest BCUT2D eigenvalue weighted by Gasteiger charge is 2.12. The Morgan fingerprint density at radius 3 is 2.53 bits per heavy atom. The first-order valence-electron chi connectivity index (χ1n) is 5.29. The van der Waals surface area contributed by atoms with E-state index in [2.05, 4.69) is 4.98 Å². The molecule has 2 rings (SSSR count). The summed E-state index contributed by atoms with van der Waals surface area (Å²) < 4.78 is 0. The highest BCUT2D eigenvalue weighted by Crippen LogP contribution is 2.31. The summed E-state index contributed by atoms with van der Waals surface area (Å²) in [4.78, 5) is 14.9. The Morgan fingerprint density at radius 1 is 1.16 bits per heavy atom. The molecule has 1 heterocycles. The van der Waals surface area contributed by atoms with Gasteiger partial charge in [0.1, 0.15) is 0 Å². The number of carboxylic acids is 1. The van der Waals surface area contributed by atoms with Crippen molar-refractivity contribution in [1.82, 2.24) is 4.98 Å². The van der Waals surface area contributed by atoms with Gasteiger partial charge in [-0.05, 0) is 23.8 Å². The van der Waals surface area contributed by atoms with Crippen LogP contribution in [0.15, 0.2) is 30.5 Å². The molecular formula is C13H8Cl3NO2. The zero-order chi connectivity index (χ0) is 14.0. The summed E-state index contributed by atoms with van der Waals surface area (Å²) in [5.74, 6) is -0.962.